The molecule has 0 radical (unpaired) electrons. The predicted octanol–water partition coefficient (Wildman–Crippen LogP) is 1.83. The van der Waals surface area contributed by atoms with Crippen LogP contribution in [0.3, 0.4) is 0 Å². The molecular formula is C10H11BrN2O. The summed E-state index contributed by atoms with van der Waals surface area (Å²) in [4.78, 5) is 17.4. The van der Waals surface area contributed by atoms with Crippen LogP contribution in [-0.4, -0.2) is 22.8 Å². The van der Waals surface area contributed by atoms with Crippen molar-refractivity contribution in [2.75, 3.05) is 16.8 Å². The van der Waals surface area contributed by atoms with Crippen LogP contribution in [0.1, 0.15) is 6.42 Å². The number of aromatic nitrogens is 1. The Kier molecular flexibility index (Phi) is 2.82. The van der Waals surface area contributed by atoms with Crippen molar-refractivity contribution in [3.63, 3.8) is 0 Å². The van der Waals surface area contributed by atoms with Gasteiger partial charge in [0.05, 0.1) is 0 Å². The molecule has 74 valence electrons. The number of nitrogens with zero attached hydrogens (tertiary/aromatic N) is 2. The molecule has 14 heavy (non-hydrogen) atoms. The highest BCUT2D eigenvalue weighted by molar-refractivity contribution is 9.09. The van der Waals surface area contributed by atoms with Crippen LogP contribution >= 0.6 is 15.9 Å². The number of alkyl halides is 1. The van der Waals surface area contributed by atoms with Crippen LogP contribution in [0.25, 0.3) is 0 Å². The van der Waals surface area contributed by atoms with Crippen LogP contribution in [0.5, 0.6) is 0 Å². The van der Waals surface area contributed by atoms with Gasteiger partial charge in [0.2, 0.25) is 5.91 Å². The third-order valence-electron chi connectivity index (χ3n) is 2.40. The van der Waals surface area contributed by atoms with Gasteiger partial charge in [-0.3, -0.25) is 9.78 Å². The number of pyridine rings is 1. The van der Waals surface area contributed by atoms with E-state index < -0.39 is 0 Å². The van der Waals surface area contributed by atoms with Crippen molar-refractivity contribution in [3.8, 4) is 0 Å². The first-order valence-electron chi connectivity index (χ1n) is 4.57. The maximum atomic E-state index is 11.6. The Balaban J connectivity index is 2.17. The maximum absolute atomic E-state index is 11.6. The molecule has 1 aromatic rings. The second-order valence-electron chi connectivity index (χ2n) is 3.43. The molecule has 0 saturated carbocycles. The average Bonchev–Trinajstić information content (AvgIpc) is 2.61. The highest BCUT2D eigenvalue weighted by atomic mass is 79.9. The summed E-state index contributed by atoms with van der Waals surface area (Å²) >= 11 is 3.41. The molecule has 1 fully saturated rings. The Morgan fingerprint density at radius 2 is 2.21 bits per heavy atom. The Labute approximate surface area is 91.3 Å². The van der Waals surface area contributed by atoms with Gasteiger partial charge in [0.25, 0.3) is 0 Å². The van der Waals surface area contributed by atoms with E-state index in [0.29, 0.717) is 12.3 Å². The smallest absolute Gasteiger partial charge is 0.227 e. The minimum atomic E-state index is 0.209. The number of halogens is 1. The minimum absolute atomic E-state index is 0.209. The molecule has 0 aromatic carbocycles. The summed E-state index contributed by atoms with van der Waals surface area (Å²) in [6, 6.07) is 3.74. The van der Waals surface area contributed by atoms with Gasteiger partial charge in [0.1, 0.15) is 0 Å². The van der Waals surface area contributed by atoms with Crippen molar-refractivity contribution in [3.05, 3.63) is 24.5 Å². The minimum Gasteiger partial charge on any atom is -0.312 e. The lowest BCUT2D eigenvalue weighted by Gasteiger charge is -2.15. The lowest BCUT2D eigenvalue weighted by Crippen LogP contribution is -2.24. The van der Waals surface area contributed by atoms with E-state index in [-0.39, 0.29) is 5.91 Å². The van der Waals surface area contributed by atoms with Crippen LogP contribution in [0.15, 0.2) is 24.5 Å². The molecule has 1 aliphatic rings. The second kappa shape index (κ2) is 4.09. The molecule has 1 aliphatic heterocycles. The van der Waals surface area contributed by atoms with Gasteiger partial charge >= 0.3 is 0 Å². The molecule has 1 aromatic heterocycles. The average molecular weight is 255 g/mol. The molecule has 2 heterocycles. The van der Waals surface area contributed by atoms with Gasteiger partial charge in [-0.2, -0.15) is 0 Å². The Morgan fingerprint density at radius 3 is 2.79 bits per heavy atom. The van der Waals surface area contributed by atoms with Crippen molar-refractivity contribution in [1.29, 1.82) is 0 Å². The summed E-state index contributed by atoms with van der Waals surface area (Å²) < 4.78 is 0. The number of carbonyl (C=O) groups excluding carboxylic acids is 1. The summed E-state index contributed by atoms with van der Waals surface area (Å²) in [7, 11) is 0. The Bertz CT molecular complexity index is 328. The number of rotatable bonds is 2. The SMILES string of the molecule is O=C1CC(CBr)CN1c1ccncc1. The van der Waals surface area contributed by atoms with E-state index >= 15 is 0 Å². The van der Waals surface area contributed by atoms with Gasteiger partial charge in [-0.05, 0) is 18.1 Å². The quantitative estimate of drug-likeness (QED) is 0.755. The first-order valence-corrected chi connectivity index (χ1v) is 5.70. The van der Waals surface area contributed by atoms with Crippen molar-refractivity contribution >= 4 is 27.5 Å². The zero-order chi connectivity index (χ0) is 9.97. The molecule has 0 N–H and O–H groups in total. The molecule has 3 nitrogen and oxygen atoms in total. The van der Waals surface area contributed by atoms with Crippen LogP contribution in [-0.2, 0) is 4.79 Å². The number of carbonyl (C=O) groups is 1. The van der Waals surface area contributed by atoms with Gasteiger partial charge in [-0.15, -0.1) is 0 Å². The maximum Gasteiger partial charge on any atom is 0.227 e. The fourth-order valence-corrected chi connectivity index (χ4v) is 2.09. The molecule has 1 amide bonds. The standard InChI is InChI=1S/C10H11BrN2O/c11-6-8-5-10(14)13(7-8)9-1-3-12-4-2-9/h1-4,8H,5-7H2. The van der Waals surface area contributed by atoms with Crippen molar-refractivity contribution < 1.29 is 4.79 Å². The summed E-state index contributed by atoms with van der Waals surface area (Å²) in [5.41, 5.74) is 0.952. The lowest BCUT2D eigenvalue weighted by molar-refractivity contribution is -0.117. The van der Waals surface area contributed by atoms with E-state index in [1.807, 2.05) is 17.0 Å². The molecule has 0 bridgehead atoms. The van der Waals surface area contributed by atoms with E-state index in [2.05, 4.69) is 20.9 Å². The Hall–Kier alpha value is -0.900. The zero-order valence-electron chi connectivity index (χ0n) is 7.69. The van der Waals surface area contributed by atoms with E-state index in [1.54, 1.807) is 12.4 Å². The van der Waals surface area contributed by atoms with Gasteiger partial charge < -0.3 is 4.90 Å². The number of amides is 1. The second-order valence-corrected chi connectivity index (χ2v) is 4.08. The summed E-state index contributed by atoms with van der Waals surface area (Å²) in [6.07, 6.45) is 4.07. The van der Waals surface area contributed by atoms with E-state index in [9.17, 15) is 4.79 Å². The van der Waals surface area contributed by atoms with E-state index in [1.165, 1.54) is 0 Å². The molecule has 0 spiro atoms. The van der Waals surface area contributed by atoms with Gasteiger partial charge in [-0.25, -0.2) is 0 Å². The molecule has 2 rings (SSSR count). The Morgan fingerprint density at radius 1 is 1.50 bits per heavy atom. The fourth-order valence-electron chi connectivity index (χ4n) is 1.66. The molecule has 1 saturated heterocycles. The van der Waals surface area contributed by atoms with Gasteiger partial charge in [0, 0.05) is 36.4 Å². The van der Waals surface area contributed by atoms with Crippen LogP contribution in [0.2, 0.25) is 0 Å². The van der Waals surface area contributed by atoms with Crippen LogP contribution in [0, 0.1) is 5.92 Å². The van der Waals surface area contributed by atoms with E-state index in [4.69, 9.17) is 0 Å². The van der Waals surface area contributed by atoms with Crippen LogP contribution in [0.4, 0.5) is 5.69 Å². The van der Waals surface area contributed by atoms with Crippen molar-refractivity contribution in [2.24, 2.45) is 5.92 Å². The largest absolute Gasteiger partial charge is 0.312 e. The topological polar surface area (TPSA) is 33.2 Å². The normalized spacial score (nSPS) is 21.6. The fraction of sp³-hybridized carbons (Fsp3) is 0.400. The molecule has 0 aliphatic carbocycles. The molecular weight excluding hydrogens is 244 g/mol. The van der Waals surface area contributed by atoms with Gasteiger partial charge in [-0.1, -0.05) is 15.9 Å². The third-order valence-corrected chi connectivity index (χ3v) is 3.31. The highest BCUT2D eigenvalue weighted by Crippen LogP contribution is 2.25. The third kappa shape index (κ3) is 1.80. The predicted molar refractivity (Wildman–Crippen MR) is 58.5 cm³/mol. The van der Waals surface area contributed by atoms with Crippen LogP contribution < -0.4 is 4.90 Å². The summed E-state index contributed by atoms with van der Waals surface area (Å²) in [5.74, 6) is 0.649. The molecule has 4 heteroatoms. The molecule has 1 unspecified atom stereocenters. The number of hydrogen-bond donors (Lipinski definition) is 0. The zero-order valence-corrected chi connectivity index (χ0v) is 9.27. The first-order chi connectivity index (χ1) is 6.81. The number of anilines is 1. The van der Waals surface area contributed by atoms with Crippen molar-refractivity contribution in [2.45, 2.75) is 6.42 Å². The number of hydrogen-bond acceptors (Lipinski definition) is 2. The van der Waals surface area contributed by atoms with E-state index in [0.717, 1.165) is 17.6 Å². The van der Waals surface area contributed by atoms with Gasteiger partial charge in [0.15, 0.2) is 0 Å². The highest BCUT2D eigenvalue weighted by Gasteiger charge is 2.29. The molecule has 1 atom stereocenters. The monoisotopic (exact) mass is 254 g/mol. The lowest BCUT2D eigenvalue weighted by atomic mass is 10.2. The van der Waals surface area contributed by atoms with Crippen molar-refractivity contribution in [1.82, 2.24) is 4.98 Å². The first kappa shape index (κ1) is 9.65. The summed E-state index contributed by atoms with van der Waals surface area (Å²) in [5, 5.41) is 0.889. The summed E-state index contributed by atoms with van der Waals surface area (Å²) in [6.45, 7) is 0.814.